The summed E-state index contributed by atoms with van der Waals surface area (Å²) in [7, 11) is 0. The van der Waals surface area contributed by atoms with Crippen molar-refractivity contribution in [3.8, 4) is 0 Å². The van der Waals surface area contributed by atoms with Gasteiger partial charge in [-0.3, -0.25) is 4.90 Å². The minimum Gasteiger partial charge on any atom is -0.381 e. The highest BCUT2D eigenvalue weighted by Gasteiger charge is 2.23. The number of likely N-dealkylation sites (tertiary alicyclic amines) is 1. The van der Waals surface area contributed by atoms with E-state index in [2.05, 4.69) is 60.1 Å². The van der Waals surface area contributed by atoms with Crippen LogP contribution in [0.1, 0.15) is 46.0 Å². The molecule has 0 bridgehead atoms. The quantitative estimate of drug-likeness (QED) is 0.855. The van der Waals surface area contributed by atoms with Crippen molar-refractivity contribution in [2.75, 3.05) is 18.4 Å². The van der Waals surface area contributed by atoms with Gasteiger partial charge in [0, 0.05) is 41.0 Å². The van der Waals surface area contributed by atoms with E-state index in [1.807, 2.05) is 0 Å². The van der Waals surface area contributed by atoms with Gasteiger partial charge in [-0.15, -0.1) is 11.8 Å². The molecule has 2 fully saturated rings. The van der Waals surface area contributed by atoms with E-state index in [-0.39, 0.29) is 0 Å². The summed E-state index contributed by atoms with van der Waals surface area (Å²) in [5, 5.41) is 4.56. The van der Waals surface area contributed by atoms with E-state index in [0.717, 1.165) is 5.25 Å². The average molecular weight is 305 g/mol. The molecule has 2 nitrogen and oxygen atoms in total. The minimum atomic E-state index is 0.612. The van der Waals surface area contributed by atoms with Crippen LogP contribution in [0.15, 0.2) is 29.2 Å². The zero-order chi connectivity index (χ0) is 14.7. The smallest absolute Gasteiger partial charge is 0.0400 e. The second kappa shape index (κ2) is 7.06. The van der Waals surface area contributed by atoms with Gasteiger partial charge < -0.3 is 5.32 Å². The van der Waals surface area contributed by atoms with E-state index in [1.54, 1.807) is 0 Å². The number of thioether (sulfide) groups is 1. The van der Waals surface area contributed by atoms with Gasteiger partial charge >= 0.3 is 0 Å². The van der Waals surface area contributed by atoms with Crippen molar-refractivity contribution in [1.29, 1.82) is 0 Å². The molecule has 1 aliphatic carbocycles. The highest BCUT2D eigenvalue weighted by atomic mass is 32.2. The minimum absolute atomic E-state index is 0.612. The molecule has 3 rings (SSSR count). The molecule has 1 heterocycles. The predicted octanol–water partition coefficient (Wildman–Crippen LogP) is 4.62. The number of anilines is 1. The molecule has 1 saturated heterocycles. The fourth-order valence-electron chi connectivity index (χ4n) is 3.44. The summed E-state index contributed by atoms with van der Waals surface area (Å²) in [6.45, 7) is 6.98. The molecule has 1 N–H and O–H groups in total. The molecule has 1 aromatic carbocycles. The summed E-state index contributed by atoms with van der Waals surface area (Å²) in [6.07, 6.45) is 6.91. The van der Waals surface area contributed by atoms with E-state index in [9.17, 15) is 0 Å². The number of hydrogen-bond acceptors (Lipinski definition) is 3. The number of hydrogen-bond donors (Lipinski definition) is 1. The maximum atomic E-state index is 3.70. The number of nitrogens with one attached hydrogen (secondary N) is 1. The molecule has 0 spiro atoms. The van der Waals surface area contributed by atoms with Crippen LogP contribution in [-0.4, -0.2) is 35.3 Å². The van der Waals surface area contributed by atoms with Gasteiger partial charge in [0.05, 0.1) is 0 Å². The van der Waals surface area contributed by atoms with Crippen molar-refractivity contribution in [3.05, 3.63) is 24.3 Å². The fraction of sp³-hybridized carbons (Fsp3) is 0.667. The Morgan fingerprint density at radius 1 is 1.10 bits per heavy atom. The second-order valence-electron chi connectivity index (χ2n) is 6.77. The third-order valence-electron chi connectivity index (χ3n) is 4.78. The van der Waals surface area contributed by atoms with Crippen molar-refractivity contribution in [1.82, 2.24) is 4.90 Å². The van der Waals surface area contributed by atoms with Crippen LogP contribution in [0.5, 0.6) is 0 Å². The van der Waals surface area contributed by atoms with E-state index < -0.39 is 0 Å². The molecule has 21 heavy (non-hydrogen) atoms. The first-order valence-corrected chi connectivity index (χ1v) is 9.36. The van der Waals surface area contributed by atoms with E-state index in [0.29, 0.717) is 12.1 Å². The molecule has 0 radical (unpaired) electrons. The Morgan fingerprint density at radius 2 is 1.81 bits per heavy atom. The third-order valence-corrected chi connectivity index (χ3v) is 6.13. The van der Waals surface area contributed by atoms with Crippen LogP contribution < -0.4 is 5.32 Å². The largest absolute Gasteiger partial charge is 0.381 e. The van der Waals surface area contributed by atoms with E-state index in [1.165, 1.54) is 55.8 Å². The Morgan fingerprint density at radius 3 is 2.43 bits per heavy atom. The molecule has 1 atom stereocenters. The maximum Gasteiger partial charge on any atom is 0.0400 e. The summed E-state index contributed by atoms with van der Waals surface area (Å²) in [5.41, 5.74) is 1.28. The molecule has 0 amide bonds. The molecule has 3 heteroatoms. The average Bonchev–Trinajstić information content (AvgIpc) is 3.12. The molecule has 0 aromatic heterocycles. The fourth-order valence-corrected chi connectivity index (χ4v) is 4.69. The standard InChI is InChI=1S/C18H28N2S/c1-14(2)20-12-11-16(13-20)19-15-7-9-18(10-8-15)21-17-5-3-4-6-17/h7-10,14,16-17,19H,3-6,11-13H2,1-2H3. The Labute approximate surface area is 133 Å². The predicted molar refractivity (Wildman–Crippen MR) is 93.3 cm³/mol. The molecular weight excluding hydrogens is 276 g/mol. The van der Waals surface area contributed by atoms with Gasteiger partial charge in [-0.1, -0.05) is 12.8 Å². The lowest BCUT2D eigenvalue weighted by molar-refractivity contribution is 0.274. The van der Waals surface area contributed by atoms with Crippen LogP contribution in [0.25, 0.3) is 0 Å². The Balaban J connectivity index is 1.50. The number of benzene rings is 1. The Hall–Kier alpha value is -0.670. The van der Waals surface area contributed by atoms with Gasteiger partial charge in [-0.25, -0.2) is 0 Å². The molecule has 1 unspecified atom stereocenters. The monoisotopic (exact) mass is 304 g/mol. The van der Waals surface area contributed by atoms with Crippen molar-refractivity contribution < 1.29 is 0 Å². The summed E-state index contributed by atoms with van der Waals surface area (Å²) >= 11 is 2.07. The Bertz CT molecular complexity index is 437. The van der Waals surface area contributed by atoms with Gasteiger partial charge in [0.2, 0.25) is 0 Å². The molecule has 1 aliphatic heterocycles. The van der Waals surface area contributed by atoms with Crippen LogP contribution in [0.4, 0.5) is 5.69 Å². The first kappa shape index (κ1) is 15.2. The highest BCUT2D eigenvalue weighted by Crippen LogP contribution is 2.35. The second-order valence-corrected chi connectivity index (χ2v) is 8.14. The van der Waals surface area contributed by atoms with Gasteiger partial charge in [-0.2, -0.15) is 0 Å². The molecular formula is C18H28N2S. The summed E-state index contributed by atoms with van der Waals surface area (Å²) < 4.78 is 0. The Kier molecular flexibility index (Phi) is 5.12. The van der Waals surface area contributed by atoms with Crippen molar-refractivity contribution >= 4 is 17.4 Å². The van der Waals surface area contributed by atoms with Crippen molar-refractivity contribution in [2.45, 2.75) is 68.2 Å². The van der Waals surface area contributed by atoms with Crippen LogP contribution in [0.3, 0.4) is 0 Å². The molecule has 2 aliphatic rings. The molecule has 1 saturated carbocycles. The SMILES string of the molecule is CC(C)N1CCC(Nc2ccc(SC3CCCC3)cc2)C1. The van der Waals surface area contributed by atoms with Crippen molar-refractivity contribution in [2.24, 2.45) is 0 Å². The summed E-state index contributed by atoms with van der Waals surface area (Å²) in [6, 6.07) is 10.4. The zero-order valence-corrected chi connectivity index (χ0v) is 14.2. The lowest BCUT2D eigenvalue weighted by Crippen LogP contribution is -2.31. The van der Waals surface area contributed by atoms with Crippen LogP contribution in [0, 0.1) is 0 Å². The lowest BCUT2D eigenvalue weighted by Gasteiger charge is -2.21. The van der Waals surface area contributed by atoms with Crippen LogP contribution >= 0.6 is 11.8 Å². The van der Waals surface area contributed by atoms with Gasteiger partial charge in [0.25, 0.3) is 0 Å². The van der Waals surface area contributed by atoms with Gasteiger partial charge in [0.1, 0.15) is 0 Å². The van der Waals surface area contributed by atoms with Crippen LogP contribution in [-0.2, 0) is 0 Å². The molecule has 1 aromatic rings. The molecule has 116 valence electrons. The third kappa shape index (κ3) is 4.17. The number of nitrogens with zero attached hydrogens (tertiary/aromatic N) is 1. The number of rotatable bonds is 5. The van der Waals surface area contributed by atoms with Crippen LogP contribution in [0.2, 0.25) is 0 Å². The highest BCUT2D eigenvalue weighted by molar-refractivity contribution is 8.00. The topological polar surface area (TPSA) is 15.3 Å². The zero-order valence-electron chi connectivity index (χ0n) is 13.3. The summed E-state index contributed by atoms with van der Waals surface area (Å²) in [4.78, 5) is 3.99. The maximum absolute atomic E-state index is 3.70. The van der Waals surface area contributed by atoms with E-state index in [4.69, 9.17) is 0 Å². The van der Waals surface area contributed by atoms with E-state index >= 15 is 0 Å². The lowest BCUT2D eigenvalue weighted by atomic mass is 10.2. The first-order valence-electron chi connectivity index (χ1n) is 8.48. The first-order chi connectivity index (χ1) is 10.2. The normalized spacial score (nSPS) is 24.0. The van der Waals surface area contributed by atoms with Gasteiger partial charge in [-0.05, 0) is 57.4 Å². The van der Waals surface area contributed by atoms with Gasteiger partial charge in [0.15, 0.2) is 0 Å². The van der Waals surface area contributed by atoms with Crippen molar-refractivity contribution in [3.63, 3.8) is 0 Å². The summed E-state index contributed by atoms with van der Waals surface area (Å²) in [5.74, 6) is 0.